The van der Waals surface area contributed by atoms with E-state index in [9.17, 15) is 13.6 Å². The zero-order valence-electron chi connectivity index (χ0n) is 13.1. The molecule has 0 aromatic heterocycles. The van der Waals surface area contributed by atoms with Gasteiger partial charge in [0.15, 0.2) is 17.7 Å². The molecule has 22 heavy (non-hydrogen) atoms. The van der Waals surface area contributed by atoms with Gasteiger partial charge in [-0.15, -0.1) is 0 Å². The van der Waals surface area contributed by atoms with Crippen LogP contribution in [0.3, 0.4) is 0 Å². The van der Waals surface area contributed by atoms with Gasteiger partial charge in [0.1, 0.15) is 0 Å². The Morgan fingerprint density at radius 1 is 1.41 bits per heavy atom. The second-order valence-electron chi connectivity index (χ2n) is 5.84. The first-order valence-corrected chi connectivity index (χ1v) is 7.17. The molecular weight excluding hydrogens is 294 g/mol. The number of ether oxygens (including phenoxy) is 3. The fourth-order valence-electron chi connectivity index (χ4n) is 2.87. The third kappa shape index (κ3) is 3.06. The fourth-order valence-corrected chi connectivity index (χ4v) is 2.87. The van der Waals surface area contributed by atoms with Crippen LogP contribution in [0.5, 0.6) is 5.75 Å². The Balaban J connectivity index is 2.44. The summed E-state index contributed by atoms with van der Waals surface area (Å²) in [6, 6.07) is 2.46. The Bertz CT molecular complexity index is 572. The lowest BCUT2D eigenvalue weighted by atomic mass is 9.87. The van der Waals surface area contributed by atoms with Gasteiger partial charge in [0, 0.05) is 11.5 Å². The molecule has 0 spiro atoms. The number of carbonyl (C=O) groups excluding carboxylic acids is 1. The van der Waals surface area contributed by atoms with Crippen LogP contribution in [-0.4, -0.2) is 31.4 Å². The zero-order chi connectivity index (χ0) is 16.5. The third-order valence-electron chi connectivity index (χ3n) is 3.73. The Morgan fingerprint density at radius 3 is 2.68 bits per heavy atom. The van der Waals surface area contributed by atoms with E-state index in [1.807, 2.05) is 13.8 Å². The first-order chi connectivity index (χ1) is 10.3. The van der Waals surface area contributed by atoms with Crippen molar-refractivity contribution in [3.8, 4) is 5.75 Å². The molecule has 0 amide bonds. The highest BCUT2D eigenvalue weighted by Gasteiger charge is 2.47. The second-order valence-corrected chi connectivity index (χ2v) is 5.84. The summed E-state index contributed by atoms with van der Waals surface area (Å²) in [5.74, 6) is -3.22. The summed E-state index contributed by atoms with van der Waals surface area (Å²) in [4.78, 5) is 12.1. The van der Waals surface area contributed by atoms with Crippen LogP contribution < -0.4 is 4.74 Å². The summed E-state index contributed by atoms with van der Waals surface area (Å²) in [6.07, 6.45) is -0.397. The highest BCUT2D eigenvalue weighted by molar-refractivity contribution is 5.77. The molecule has 0 radical (unpaired) electrons. The zero-order valence-corrected chi connectivity index (χ0v) is 13.1. The lowest BCUT2D eigenvalue weighted by Gasteiger charge is -2.20. The van der Waals surface area contributed by atoms with Crippen molar-refractivity contribution < 1.29 is 27.8 Å². The Labute approximate surface area is 128 Å². The predicted octanol–water partition coefficient (Wildman–Crippen LogP) is 3.19. The number of rotatable bonds is 4. The Kier molecular flexibility index (Phi) is 4.70. The van der Waals surface area contributed by atoms with Crippen molar-refractivity contribution in [1.82, 2.24) is 0 Å². The second kappa shape index (κ2) is 6.20. The van der Waals surface area contributed by atoms with Gasteiger partial charge in [0.2, 0.25) is 5.82 Å². The lowest BCUT2D eigenvalue weighted by Crippen LogP contribution is -2.30. The van der Waals surface area contributed by atoms with Gasteiger partial charge in [-0.3, -0.25) is 0 Å². The van der Waals surface area contributed by atoms with E-state index < -0.39 is 35.2 Å². The summed E-state index contributed by atoms with van der Waals surface area (Å²) in [5.41, 5.74) is -0.164. The van der Waals surface area contributed by atoms with E-state index in [2.05, 4.69) is 0 Å². The molecule has 2 atom stereocenters. The maximum atomic E-state index is 13.9. The largest absolute Gasteiger partial charge is 0.493 e. The molecule has 1 aliphatic heterocycles. The molecule has 6 heteroatoms. The number of benzene rings is 1. The van der Waals surface area contributed by atoms with Gasteiger partial charge in [-0.1, -0.05) is 6.07 Å². The molecule has 1 fully saturated rings. The van der Waals surface area contributed by atoms with Crippen LogP contribution in [0.15, 0.2) is 12.1 Å². The normalized spacial score (nSPS) is 23.4. The van der Waals surface area contributed by atoms with E-state index in [4.69, 9.17) is 14.2 Å². The van der Waals surface area contributed by atoms with E-state index in [1.54, 1.807) is 6.92 Å². The quantitative estimate of drug-likeness (QED) is 0.801. The molecule has 0 bridgehead atoms. The van der Waals surface area contributed by atoms with Crippen molar-refractivity contribution >= 4 is 5.97 Å². The van der Waals surface area contributed by atoms with Crippen LogP contribution in [-0.2, 0) is 14.3 Å². The lowest BCUT2D eigenvalue weighted by molar-refractivity contribution is -0.159. The molecule has 1 aromatic rings. The van der Waals surface area contributed by atoms with Crippen molar-refractivity contribution in [3.05, 3.63) is 29.3 Å². The summed E-state index contributed by atoms with van der Waals surface area (Å²) in [6.45, 7) is 5.60. The van der Waals surface area contributed by atoms with E-state index in [-0.39, 0.29) is 12.4 Å². The highest BCUT2D eigenvalue weighted by atomic mass is 19.2. The van der Waals surface area contributed by atoms with Gasteiger partial charge in [-0.25, -0.2) is 9.18 Å². The van der Waals surface area contributed by atoms with Crippen molar-refractivity contribution in [1.29, 1.82) is 0 Å². The van der Waals surface area contributed by atoms with Crippen molar-refractivity contribution in [2.45, 2.75) is 44.8 Å². The summed E-state index contributed by atoms with van der Waals surface area (Å²) < 4.78 is 43.1. The molecule has 1 saturated heterocycles. The first kappa shape index (κ1) is 16.7. The third-order valence-corrected chi connectivity index (χ3v) is 3.73. The van der Waals surface area contributed by atoms with Gasteiger partial charge < -0.3 is 14.2 Å². The molecule has 122 valence electrons. The van der Waals surface area contributed by atoms with Gasteiger partial charge in [0.05, 0.1) is 19.3 Å². The highest BCUT2D eigenvalue weighted by Crippen LogP contribution is 2.45. The van der Waals surface area contributed by atoms with Crippen LogP contribution in [0.25, 0.3) is 0 Å². The number of carbonyl (C=O) groups is 1. The molecule has 0 aliphatic carbocycles. The topological polar surface area (TPSA) is 44.8 Å². The number of esters is 1. The molecule has 0 saturated carbocycles. The van der Waals surface area contributed by atoms with Crippen LogP contribution in [0.2, 0.25) is 0 Å². The van der Waals surface area contributed by atoms with Crippen LogP contribution in [0.4, 0.5) is 8.78 Å². The summed E-state index contributed by atoms with van der Waals surface area (Å²) >= 11 is 0. The maximum Gasteiger partial charge on any atom is 0.335 e. The smallest absolute Gasteiger partial charge is 0.335 e. The van der Waals surface area contributed by atoms with Gasteiger partial charge in [0.25, 0.3) is 0 Å². The first-order valence-electron chi connectivity index (χ1n) is 7.17. The number of methoxy groups -OCH3 is 1. The Hall–Kier alpha value is -1.69. The molecule has 1 aliphatic rings. The molecule has 0 N–H and O–H groups in total. The summed E-state index contributed by atoms with van der Waals surface area (Å²) in [5, 5.41) is 0. The SMILES string of the molecule is CCOC(=O)C1OC(C)(C)CC1c1ccc(F)c(F)c1OC. The van der Waals surface area contributed by atoms with Gasteiger partial charge >= 0.3 is 5.97 Å². The minimum atomic E-state index is -1.06. The molecule has 4 nitrogen and oxygen atoms in total. The molecule has 2 rings (SSSR count). The summed E-state index contributed by atoms with van der Waals surface area (Å²) in [7, 11) is 1.27. The predicted molar refractivity (Wildman–Crippen MR) is 75.9 cm³/mol. The number of hydrogen-bond donors (Lipinski definition) is 0. The standard InChI is InChI=1S/C16H20F2O4/c1-5-21-15(19)14-10(8-16(2,3)22-14)9-6-7-11(17)12(18)13(9)20-4/h6-7,10,14H,5,8H2,1-4H3. The molecule has 1 aromatic carbocycles. The van der Waals surface area contributed by atoms with E-state index >= 15 is 0 Å². The average molecular weight is 314 g/mol. The van der Waals surface area contributed by atoms with Crippen LogP contribution in [0, 0.1) is 11.6 Å². The van der Waals surface area contributed by atoms with E-state index in [0.29, 0.717) is 12.0 Å². The van der Waals surface area contributed by atoms with Crippen LogP contribution in [0.1, 0.15) is 38.7 Å². The monoisotopic (exact) mass is 314 g/mol. The minimum absolute atomic E-state index is 0.194. The number of halogens is 2. The van der Waals surface area contributed by atoms with E-state index in [1.165, 1.54) is 13.2 Å². The van der Waals surface area contributed by atoms with Gasteiger partial charge in [-0.2, -0.15) is 4.39 Å². The molecular formula is C16H20F2O4. The Morgan fingerprint density at radius 2 is 2.09 bits per heavy atom. The molecule has 2 unspecified atom stereocenters. The minimum Gasteiger partial charge on any atom is -0.493 e. The fraction of sp³-hybridized carbons (Fsp3) is 0.562. The van der Waals surface area contributed by atoms with Crippen molar-refractivity contribution in [2.24, 2.45) is 0 Å². The molecule has 1 heterocycles. The van der Waals surface area contributed by atoms with Crippen molar-refractivity contribution in [2.75, 3.05) is 13.7 Å². The average Bonchev–Trinajstić information content (AvgIpc) is 2.78. The van der Waals surface area contributed by atoms with Crippen LogP contribution >= 0.6 is 0 Å². The number of hydrogen-bond acceptors (Lipinski definition) is 4. The van der Waals surface area contributed by atoms with Gasteiger partial charge in [-0.05, 0) is 33.3 Å². The van der Waals surface area contributed by atoms with E-state index in [0.717, 1.165) is 6.07 Å². The maximum absolute atomic E-state index is 13.9. The van der Waals surface area contributed by atoms with Crippen molar-refractivity contribution in [3.63, 3.8) is 0 Å².